The molecular formula is C28H48O3. The first-order valence-electron chi connectivity index (χ1n) is 12.9. The molecule has 0 saturated heterocycles. The van der Waals surface area contributed by atoms with E-state index in [4.69, 9.17) is 0 Å². The molecule has 3 saturated carbocycles. The Labute approximate surface area is 191 Å². The molecule has 2 unspecified atom stereocenters. The molecule has 0 aliphatic heterocycles. The monoisotopic (exact) mass is 432 g/mol. The van der Waals surface area contributed by atoms with Crippen LogP contribution >= 0.6 is 0 Å². The summed E-state index contributed by atoms with van der Waals surface area (Å²) < 4.78 is 0. The van der Waals surface area contributed by atoms with Gasteiger partial charge in [-0.25, -0.2) is 0 Å². The Morgan fingerprint density at radius 1 is 0.903 bits per heavy atom. The van der Waals surface area contributed by atoms with Crippen LogP contribution in [0.1, 0.15) is 86.5 Å². The van der Waals surface area contributed by atoms with Crippen LogP contribution in [0.25, 0.3) is 0 Å². The molecule has 3 fully saturated rings. The Morgan fingerprint density at radius 2 is 1.55 bits per heavy atom. The maximum Gasteiger partial charge on any atom is 0.0624 e. The van der Waals surface area contributed by atoms with Gasteiger partial charge in [0.2, 0.25) is 0 Å². The third kappa shape index (κ3) is 4.70. The lowest BCUT2D eigenvalue weighted by Gasteiger charge is -2.54. The lowest BCUT2D eigenvalue weighted by molar-refractivity contribution is -0.0851. The van der Waals surface area contributed by atoms with E-state index < -0.39 is 6.10 Å². The maximum absolute atomic E-state index is 11.0. The van der Waals surface area contributed by atoms with E-state index >= 15 is 0 Å². The summed E-state index contributed by atoms with van der Waals surface area (Å²) in [5.74, 6) is 3.32. The van der Waals surface area contributed by atoms with Crippen molar-refractivity contribution in [1.29, 1.82) is 0 Å². The van der Waals surface area contributed by atoms with E-state index in [1.165, 1.54) is 24.8 Å². The van der Waals surface area contributed by atoms with Crippen molar-refractivity contribution < 1.29 is 15.3 Å². The first kappa shape index (κ1) is 25.0. The van der Waals surface area contributed by atoms with Crippen molar-refractivity contribution in [2.75, 3.05) is 6.61 Å². The molecule has 178 valence electrons. The standard InChI is InChI=1S/C28H48O3/c1-18(2)19(3)7-8-20(4)23-9-10-24-22(13-16-29)25(12-15-27(23,24)5)28(6)14-11-21(30)17-26(28)31/h7-8,13,18-21,23-26,29-31H,9-12,14-17H2,1-6H3/b8-7+,22-13-/t19-,20+,21-,23+,24?,25?,26-,27+,28+/m0/s1. The van der Waals surface area contributed by atoms with Crippen LogP contribution in [0.15, 0.2) is 23.8 Å². The van der Waals surface area contributed by atoms with Gasteiger partial charge in [-0.3, -0.25) is 0 Å². The lowest BCUT2D eigenvalue weighted by Crippen LogP contribution is -2.50. The zero-order valence-corrected chi connectivity index (χ0v) is 20.8. The Morgan fingerprint density at radius 3 is 2.16 bits per heavy atom. The zero-order chi connectivity index (χ0) is 23.0. The maximum atomic E-state index is 11.0. The number of aliphatic hydroxyl groups is 3. The third-order valence-corrected chi connectivity index (χ3v) is 9.99. The highest BCUT2D eigenvalue weighted by Crippen LogP contribution is 2.64. The molecule has 0 amide bonds. The summed E-state index contributed by atoms with van der Waals surface area (Å²) in [7, 11) is 0. The summed E-state index contributed by atoms with van der Waals surface area (Å²) in [6, 6.07) is 0. The van der Waals surface area contributed by atoms with Gasteiger partial charge >= 0.3 is 0 Å². The van der Waals surface area contributed by atoms with Crippen molar-refractivity contribution in [3.63, 3.8) is 0 Å². The molecule has 0 heterocycles. The second kappa shape index (κ2) is 9.69. The normalized spacial score (nSPS) is 44.7. The molecule has 0 spiro atoms. The zero-order valence-electron chi connectivity index (χ0n) is 20.8. The number of allylic oxidation sites excluding steroid dienone is 3. The van der Waals surface area contributed by atoms with E-state index in [1.807, 2.05) is 0 Å². The molecule has 3 nitrogen and oxygen atoms in total. The van der Waals surface area contributed by atoms with Crippen LogP contribution in [-0.4, -0.2) is 34.1 Å². The summed E-state index contributed by atoms with van der Waals surface area (Å²) in [6.07, 6.45) is 13.0. The lowest BCUT2D eigenvalue weighted by atomic mass is 9.51. The Bertz CT molecular complexity index is 667. The number of fused-ring (bicyclic) bond motifs is 1. The van der Waals surface area contributed by atoms with Crippen LogP contribution in [0.5, 0.6) is 0 Å². The first-order chi connectivity index (χ1) is 14.5. The highest BCUT2D eigenvalue weighted by atomic mass is 16.3. The summed E-state index contributed by atoms with van der Waals surface area (Å²) in [6.45, 7) is 14.1. The van der Waals surface area contributed by atoms with Crippen molar-refractivity contribution in [1.82, 2.24) is 0 Å². The van der Waals surface area contributed by atoms with Gasteiger partial charge in [0.05, 0.1) is 18.8 Å². The SMILES string of the molecule is CC(C)[C@@H](C)/C=C/[C@@H](C)[C@H]1CCC2/C(=C/CO)C([C@@]3(C)CC[C@H](O)C[C@@H]3O)CC[C@@]21C. The van der Waals surface area contributed by atoms with E-state index in [1.54, 1.807) is 0 Å². The summed E-state index contributed by atoms with van der Waals surface area (Å²) in [4.78, 5) is 0. The molecule has 3 aliphatic rings. The van der Waals surface area contributed by atoms with E-state index in [2.05, 4.69) is 59.8 Å². The highest BCUT2D eigenvalue weighted by Gasteiger charge is 2.56. The van der Waals surface area contributed by atoms with Gasteiger partial charge in [0.25, 0.3) is 0 Å². The largest absolute Gasteiger partial charge is 0.393 e. The van der Waals surface area contributed by atoms with Crippen LogP contribution in [-0.2, 0) is 0 Å². The fourth-order valence-electron chi connectivity index (χ4n) is 7.40. The Balaban J connectivity index is 1.83. The average molecular weight is 433 g/mol. The second-order valence-corrected chi connectivity index (χ2v) is 12.0. The fraction of sp³-hybridized carbons (Fsp3) is 0.857. The molecule has 3 heteroatoms. The number of hydrogen-bond acceptors (Lipinski definition) is 3. The van der Waals surface area contributed by atoms with Gasteiger partial charge in [0.1, 0.15) is 0 Å². The predicted octanol–water partition coefficient (Wildman–Crippen LogP) is 5.74. The molecule has 0 aromatic heterocycles. The molecule has 0 aromatic carbocycles. The van der Waals surface area contributed by atoms with E-state index in [0.29, 0.717) is 41.9 Å². The Kier molecular flexibility index (Phi) is 7.81. The van der Waals surface area contributed by atoms with Crippen molar-refractivity contribution >= 4 is 0 Å². The first-order valence-corrected chi connectivity index (χ1v) is 12.9. The molecule has 0 bridgehead atoms. The van der Waals surface area contributed by atoms with Crippen molar-refractivity contribution in [3.05, 3.63) is 23.8 Å². The smallest absolute Gasteiger partial charge is 0.0624 e. The van der Waals surface area contributed by atoms with Gasteiger partial charge in [-0.2, -0.15) is 0 Å². The molecule has 9 atom stereocenters. The molecule has 3 N–H and O–H groups in total. The molecule has 3 rings (SSSR count). The quantitative estimate of drug-likeness (QED) is 0.469. The molecule has 31 heavy (non-hydrogen) atoms. The summed E-state index contributed by atoms with van der Waals surface area (Å²) in [5, 5.41) is 31.0. The summed E-state index contributed by atoms with van der Waals surface area (Å²) in [5.41, 5.74) is 1.47. The Hall–Kier alpha value is -0.640. The van der Waals surface area contributed by atoms with Crippen molar-refractivity contribution in [3.8, 4) is 0 Å². The van der Waals surface area contributed by atoms with Gasteiger partial charge < -0.3 is 15.3 Å². The van der Waals surface area contributed by atoms with Crippen LogP contribution in [0, 0.1) is 46.3 Å². The second-order valence-electron chi connectivity index (χ2n) is 12.0. The van der Waals surface area contributed by atoms with Crippen LogP contribution < -0.4 is 0 Å². The number of rotatable bonds is 6. The topological polar surface area (TPSA) is 60.7 Å². The van der Waals surface area contributed by atoms with E-state index in [-0.39, 0.29) is 23.5 Å². The molecular weight excluding hydrogens is 384 g/mol. The molecule has 0 aromatic rings. The van der Waals surface area contributed by atoms with Gasteiger partial charge in [-0.15, -0.1) is 0 Å². The minimum Gasteiger partial charge on any atom is -0.393 e. The number of aliphatic hydroxyl groups excluding tert-OH is 3. The van der Waals surface area contributed by atoms with Crippen LogP contribution in [0.4, 0.5) is 0 Å². The predicted molar refractivity (Wildman–Crippen MR) is 128 cm³/mol. The highest BCUT2D eigenvalue weighted by molar-refractivity contribution is 5.25. The van der Waals surface area contributed by atoms with Crippen LogP contribution in [0.3, 0.4) is 0 Å². The summed E-state index contributed by atoms with van der Waals surface area (Å²) >= 11 is 0. The van der Waals surface area contributed by atoms with Gasteiger partial charge in [-0.1, -0.05) is 65.3 Å². The average Bonchev–Trinajstić information content (AvgIpc) is 3.07. The third-order valence-electron chi connectivity index (χ3n) is 9.99. The minimum absolute atomic E-state index is 0.0826. The van der Waals surface area contributed by atoms with E-state index in [9.17, 15) is 15.3 Å². The molecule has 3 aliphatic carbocycles. The fourth-order valence-corrected chi connectivity index (χ4v) is 7.40. The molecule has 0 radical (unpaired) electrons. The number of hydrogen-bond donors (Lipinski definition) is 3. The van der Waals surface area contributed by atoms with Gasteiger partial charge in [-0.05, 0) is 85.9 Å². The van der Waals surface area contributed by atoms with E-state index in [0.717, 1.165) is 19.3 Å². The van der Waals surface area contributed by atoms with Crippen molar-refractivity contribution in [2.45, 2.75) is 98.7 Å². The van der Waals surface area contributed by atoms with Crippen molar-refractivity contribution in [2.24, 2.45) is 46.3 Å². The minimum atomic E-state index is -0.468. The van der Waals surface area contributed by atoms with Crippen LogP contribution in [0.2, 0.25) is 0 Å². The van der Waals surface area contributed by atoms with Gasteiger partial charge in [0.15, 0.2) is 0 Å². The van der Waals surface area contributed by atoms with Gasteiger partial charge in [0, 0.05) is 5.41 Å².